The molecule has 0 saturated heterocycles. The summed E-state index contributed by atoms with van der Waals surface area (Å²) in [5, 5.41) is 2.71. The molecule has 2 aromatic carbocycles. The summed E-state index contributed by atoms with van der Waals surface area (Å²) < 4.78 is 13.4. The van der Waals surface area contributed by atoms with E-state index in [0.29, 0.717) is 22.5 Å². The van der Waals surface area contributed by atoms with Gasteiger partial charge in [0.2, 0.25) is 0 Å². The van der Waals surface area contributed by atoms with Gasteiger partial charge in [0.1, 0.15) is 5.82 Å². The van der Waals surface area contributed by atoms with Gasteiger partial charge in [-0.3, -0.25) is 4.79 Å². The van der Waals surface area contributed by atoms with Gasteiger partial charge in [-0.1, -0.05) is 6.07 Å². The van der Waals surface area contributed by atoms with Gasteiger partial charge >= 0.3 is 0 Å². The molecule has 0 aliphatic heterocycles. The van der Waals surface area contributed by atoms with E-state index in [1.54, 1.807) is 37.3 Å². The van der Waals surface area contributed by atoms with Gasteiger partial charge in [-0.05, 0) is 49.7 Å². The molecule has 0 saturated carbocycles. The van der Waals surface area contributed by atoms with Crippen molar-refractivity contribution in [2.75, 3.05) is 11.1 Å². The Labute approximate surface area is 111 Å². The SMILES string of the molecule is Cc1cc(N)ccc1C(=O)Nc1cccc(F)c1C. The number of rotatable bonds is 2. The lowest BCUT2D eigenvalue weighted by molar-refractivity contribution is 0.102. The fourth-order valence-electron chi connectivity index (χ4n) is 1.87. The molecule has 0 radical (unpaired) electrons. The summed E-state index contributed by atoms with van der Waals surface area (Å²) in [5.74, 6) is -0.613. The molecule has 98 valence electrons. The number of amides is 1. The molecule has 2 rings (SSSR count). The van der Waals surface area contributed by atoms with Crippen molar-refractivity contribution in [3.63, 3.8) is 0 Å². The number of hydrogen-bond acceptors (Lipinski definition) is 2. The Morgan fingerprint density at radius 2 is 1.95 bits per heavy atom. The molecule has 4 heteroatoms. The van der Waals surface area contributed by atoms with E-state index in [4.69, 9.17) is 5.73 Å². The fourth-order valence-corrected chi connectivity index (χ4v) is 1.87. The Kier molecular flexibility index (Phi) is 3.51. The van der Waals surface area contributed by atoms with Crippen LogP contribution in [0.2, 0.25) is 0 Å². The summed E-state index contributed by atoms with van der Waals surface area (Å²) in [6, 6.07) is 9.65. The van der Waals surface area contributed by atoms with Crippen LogP contribution in [-0.4, -0.2) is 5.91 Å². The predicted octanol–water partition coefficient (Wildman–Crippen LogP) is 3.28. The van der Waals surface area contributed by atoms with Crippen LogP contribution in [-0.2, 0) is 0 Å². The van der Waals surface area contributed by atoms with Crippen molar-refractivity contribution in [1.82, 2.24) is 0 Å². The molecule has 0 heterocycles. The van der Waals surface area contributed by atoms with Crippen molar-refractivity contribution < 1.29 is 9.18 Å². The molecule has 2 aromatic rings. The third kappa shape index (κ3) is 2.73. The van der Waals surface area contributed by atoms with Crippen LogP contribution < -0.4 is 11.1 Å². The van der Waals surface area contributed by atoms with Crippen LogP contribution in [0.15, 0.2) is 36.4 Å². The first-order valence-electron chi connectivity index (χ1n) is 5.91. The zero-order valence-electron chi connectivity index (χ0n) is 10.8. The van der Waals surface area contributed by atoms with Crippen LogP contribution in [0.3, 0.4) is 0 Å². The number of benzene rings is 2. The molecule has 1 amide bonds. The standard InChI is InChI=1S/C15H15FN2O/c1-9-8-11(17)6-7-12(9)15(19)18-14-5-3-4-13(16)10(14)2/h3-8H,17H2,1-2H3,(H,18,19). The molecular weight excluding hydrogens is 243 g/mol. The third-order valence-electron chi connectivity index (χ3n) is 3.01. The van der Waals surface area contributed by atoms with E-state index < -0.39 is 0 Å². The van der Waals surface area contributed by atoms with Crippen LogP contribution in [0, 0.1) is 19.7 Å². The van der Waals surface area contributed by atoms with E-state index in [9.17, 15) is 9.18 Å². The normalized spacial score (nSPS) is 10.3. The number of nitrogens with two attached hydrogens (primary N) is 1. The second-order valence-electron chi connectivity index (χ2n) is 4.44. The molecule has 3 N–H and O–H groups in total. The monoisotopic (exact) mass is 258 g/mol. The molecule has 3 nitrogen and oxygen atoms in total. The quantitative estimate of drug-likeness (QED) is 0.812. The minimum atomic E-state index is -0.341. The van der Waals surface area contributed by atoms with Gasteiger partial charge in [0.05, 0.1) is 0 Å². The number of anilines is 2. The van der Waals surface area contributed by atoms with E-state index >= 15 is 0 Å². The Hall–Kier alpha value is -2.36. The maximum Gasteiger partial charge on any atom is 0.255 e. The summed E-state index contributed by atoms with van der Waals surface area (Å²) in [6.45, 7) is 3.44. The van der Waals surface area contributed by atoms with Gasteiger partial charge in [0, 0.05) is 22.5 Å². The average Bonchev–Trinajstić information content (AvgIpc) is 2.34. The van der Waals surface area contributed by atoms with Crippen molar-refractivity contribution >= 4 is 17.3 Å². The highest BCUT2D eigenvalue weighted by Gasteiger charge is 2.11. The molecule has 0 fully saturated rings. The largest absolute Gasteiger partial charge is 0.399 e. The summed E-state index contributed by atoms with van der Waals surface area (Å²) in [6.07, 6.45) is 0. The van der Waals surface area contributed by atoms with Gasteiger partial charge in [0.25, 0.3) is 5.91 Å². The smallest absolute Gasteiger partial charge is 0.255 e. The fraction of sp³-hybridized carbons (Fsp3) is 0.133. The number of halogens is 1. The van der Waals surface area contributed by atoms with Crippen LogP contribution in [0.4, 0.5) is 15.8 Å². The van der Waals surface area contributed by atoms with E-state index in [1.807, 2.05) is 6.92 Å². The number of nitrogens with one attached hydrogen (secondary N) is 1. The van der Waals surface area contributed by atoms with Crippen molar-refractivity contribution in [3.05, 3.63) is 58.9 Å². The van der Waals surface area contributed by atoms with Crippen LogP contribution >= 0.6 is 0 Å². The van der Waals surface area contributed by atoms with Crippen LogP contribution in [0.25, 0.3) is 0 Å². The molecule has 0 unspecified atom stereocenters. The Morgan fingerprint density at radius 1 is 1.21 bits per heavy atom. The van der Waals surface area contributed by atoms with Gasteiger partial charge in [-0.2, -0.15) is 0 Å². The average molecular weight is 258 g/mol. The molecule has 0 aliphatic rings. The maximum absolute atomic E-state index is 13.4. The van der Waals surface area contributed by atoms with E-state index in [-0.39, 0.29) is 11.7 Å². The van der Waals surface area contributed by atoms with Crippen LogP contribution in [0.5, 0.6) is 0 Å². The van der Waals surface area contributed by atoms with E-state index in [1.165, 1.54) is 6.07 Å². The maximum atomic E-state index is 13.4. The van der Waals surface area contributed by atoms with Gasteiger partial charge in [-0.15, -0.1) is 0 Å². The molecule has 0 atom stereocenters. The first-order valence-corrected chi connectivity index (χ1v) is 5.91. The minimum absolute atomic E-state index is 0.272. The van der Waals surface area contributed by atoms with Crippen molar-refractivity contribution in [2.45, 2.75) is 13.8 Å². The first-order chi connectivity index (χ1) is 8.99. The van der Waals surface area contributed by atoms with Crippen molar-refractivity contribution in [2.24, 2.45) is 0 Å². The second kappa shape index (κ2) is 5.10. The lowest BCUT2D eigenvalue weighted by Gasteiger charge is -2.10. The zero-order valence-corrected chi connectivity index (χ0v) is 10.8. The zero-order chi connectivity index (χ0) is 14.0. The lowest BCUT2D eigenvalue weighted by atomic mass is 10.1. The number of nitrogen functional groups attached to an aromatic ring is 1. The minimum Gasteiger partial charge on any atom is -0.399 e. The highest BCUT2D eigenvalue weighted by Crippen LogP contribution is 2.19. The van der Waals surface area contributed by atoms with Crippen LogP contribution in [0.1, 0.15) is 21.5 Å². The molecule has 19 heavy (non-hydrogen) atoms. The molecule has 0 aliphatic carbocycles. The van der Waals surface area contributed by atoms with Crippen molar-refractivity contribution in [1.29, 1.82) is 0 Å². The second-order valence-corrected chi connectivity index (χ2v) is 4.44. The Morgan fingerprint density at radius 3 is 2.63 bits per heavy atom. The Bertz CT molecular complexity index is 638. The number of carbonyl (C=O) groups is 1. The number of aryl methyl sites for hydroxylation is 1. The van der Waals surface area contributed by atoms with Gasteiger partial charge < -0.3 is 11.1 Å². The highest BCUT2D eigenvalue weighted by atomic mass is 19.1. The third-order valence-corrected chi connectivity index (χ3v) is 3.01. The van der Waals surface area contributed by atoms with E-state index in [2.05, 4.69) is 5.32 Å². The highest BCUT2D eigenvalue weighted by molar-refractivity contribution is 6.05. The first kappa shape index (κ1) is 13.1. The topological polar surface area (TPSA) is 55.1 Å². The summed E-state index contributed by atoms with van der Waals surface area (Å²) in [4.78, 5) is 12.1. The van der Waals surface area contributed by atoms with Gasteiger partial charge in [0.15, 0.2) is 0 Å². The Balaban J connectivity index is 2.28. The molecule has 0 aromatic heterocycles. The molecule has 0 bridgehead atoms. The summed E-state index contributed by atoms with van der Waals surface area (Å²) in [5.41, 5.74) is 8.45. The van der Waals surface area contributed by atoms with Gasteiger partial charge in [-0.25, -0.2) is 4.39 Å². The summed E-state index contributed by atoms with van der Waals surface area (Å²) >= 11 is 0. The number of carbonyl (C=O) groups excluding carboxylic acids is 1. The molecule has 0 spiro atoms. The predicted molar refractivity (Wildman–Crippen MR) is 74.7 cm³/mol. The molecular formula is C15H15FN2O. The lowest BCUT2D eigenvalue weighted by Crippen LogP contribution is -2.14. The van der Waals surface area contributed by atoms with Crippen molar-refractivity contribution in [3.8, 4) is 0 Å². The summed E-state index contributed by atoms with van der Waals surface area (Å²) in [7, 11) is 0. The van der Waals surface area contributed by atoms with E-state index in [0.717, 1.165) is 5.56 Å². The number of hydrogen-bond donors (Lipinski definition) is 2.